The summed E-state index contributed by atoms with van der Waals surface area (Å²) in [5.74, 6) is -0.817. The molecule has 4 heteroatoms. The second-order valence-electron chi connectivity index (χ2n) is 6.38. The van der Waals surface area contributed by atoms with Crippen molar-refractivity contribution in [2.24, 2.45) is 11.8 Å². The predicted molar refractivity (Wildman–Crippen MR) is 101 cm³/mol. The largest absolute Gasteiger partial charge is 0.469 e. The number of rotatable bonds is 9. The molecule has 2 rings (SSSR count). The summed E-state index contributed by atoms with van der Waals surface area (Å²) in [6.45, 7) is 0. The summed E-state index contributed by atoms with van der Waals surface area (Å²) in [5, 5.41) is 0. The van der Waals surface area contributed by atoms with Gasteiger partial charge in [-0.25, -0.2) is 0 Å². The summed E-state index contributed by atoms with van der Waals surface area (Å²) in [4.78, 5) is 24.2. The molecule has 0 aliphatic carbocycles. The Labute approximate surface area is 155 Å². The zero-order valence-electron chi connectivity index (χ0n) is 15.4. The van der Waals surface area contributed by atoms with Crippen molar-refractivity contribution in [3.63, 3.8) is 0 Å². The van der Waals surface area contributed by atoms with Gasteiger partial charge in [-0.2, -0.15) is 0 Å². The van der Waals surface area contributed by atoms with Crippen LogP contribution < -0.4 is 0 Å². The molecule has 0 bridgehead atoms. The number of carbonyl (C=O) groups is 2. The average Bonchev–Trinajstić information content (AvgIpc) is 2.70. The summed E-state index contributed by atoms with van der Waals surface area (Å²) in [6.07, 6.45) is 2.17. The maximum atomic E-state index is 12.5. The summed E-state index contributed by atoms with van der Waals surface area (Å²) in [5.41, 5.74) is 2.23. The highest BCUT2D eigenvalue weighted by atomic mass is 16.5. The first kappa shape index (κ1) is 19.7. The van der Waals surface area contributed by atoms with Crippen LogP contribution in [0.4, 0.5) is 0 Å². The third-order valence-corrected chi connectivity index (χ3v) is 4.66. The molecule has 0 amide bonds. The van der Waals surface area contributed by atoms with E-state index in [4.69, 9.17) is 9.47 Å². The van der Waals surface area contributed by atoms with E-state index in [1.165, 1.54) is 14.2 Å². The quantitative estimate of drug-likeness (QED) is 0.642. The topological polar surface area (TPSA) is 52.6 Å². The van der Waals surface area contributed by atoms with E-state index in [0.717, 1.165) is 11.1 Å². The van der Waals surface area contributed by atoms with Crippen LogP contribution in [-0.4, -0.2) is 26.2 Å². The van der Waals surface area contributed by atoms with Crippen LogP contribution in [0.25, 0.3) is 0 Å². The Morgan fingerprint density at radius 1 is 0.808 bits per heavy atom. The monoisotopic (exact) mass is 354 g/mol. The van der Waals surface area contributed by atoms with Crippen molar-refractivity contribution in [1.29, 1.82) is 0 Å². The van der Waals surface area contributed by atoms with E-state index < -0.39 is 0 Å². The van der Waals surface area contributed by atoms with Gasteiger partial charge in [0.15, 0.2) is 0 Å². The number of methoxy groups -OCH3 is 2. The first-order chi connectivity index (χ1) is 12.6. The van der Waals surface area contributed by atoms with Crippen LogP contribution >= 0.6 is 0 Å². The molecule has 0 aromatic heterocycles. The van der Waals surface area contributed by atoms with Gasteiger partial charge < -0.3 is 9.47 Å². The molecule has 2 aromatic carbocycles. The maximum Gasteiger partial charge on any atom is 0.309 e. The van der Waals surface area contributed by atoms with Crippen LogP contribution in [0.3, 0.4) is 0 Å². The Morgan fingerprint density at radius 2 is 1.35 bits per heavy atom. The number of hydrogen-bond donors (Lipinski definition) is 0. The van der Waals surface area contributed by atoms with Crippen molar-refractivity contribution in [2.45, 2.75) is 25.7 Å². The van der Waals surface area contributed by atoms with Crippen LogP contribution in [0.2, 0.25) is 0 Å². The van der Waals surface area contributed by atoms with Gasteiger partial charge in [-0.05, 0) is 36.3 Å². The second-order valence-corrected chi connectivity index (χ2v) is 6.38. The standard InChI is InChI=1S/C22H26O4/c1-25-21(23)14-13-19(15-17-9-5-3-6-10-17)20(22(24)26-2)16-18-11-7-4-8-12-18/h3-12,19-20H,13-16H2,1-2H3/t19-,20-/m0/s1. The number of ether oxygens (including phenoxy) is 2. The molecule has 4 nitrogen and oxygen atoms in total. The van der Waals surface area contributed by atoms with E-state index in [1.807, 2.05) is 60.7 Å². The lowest BCUT2D eigenvalue weighted by molar-refractivity contribution is -0.148. The second kappa shape index (κ2) is 10.4. The predicted octanol–water partition coefficient (Wildman–Crippen LogP) is 3.83. The fraction of sp³-hybridized carbons (Fsp3) is 0.364. The van der Waals surface area contributed by atoms with Gasteiger partial charge in [0.1, 0.15) is 0 Å². The minimum Gasteiger partial charge on any atom is -0.469 e. The van der Waals surface area contributed by atoms with Crippen molar-refractivity contribution in [2.75, 3.05) is 14.2 Å². The minimum absolute atomic E-state index is 0.0100. The molecule has 0 saturated carbocycles. The Kier molecular flexibility index (Phi) is 7.87. The Bertz CT molecular complexity index is 682. The summed E-state index contributed by atoms with van der Waals surface area (Å²) in [6, 6.07) is 19.9. The fourth-order valence-corrected chi connectivity index (χ4v) is 3.23. The molecule has 0 saturated heterocycles. The first-order valence-corrected chi connectivity index (χ1v) is 8.86. The van der Waals surface area contributed by atoms with Gasteiger partial charge in [-0.1, -0.05) is 60.7 Å². The molecule has 0 radical (unpaired) electrons. The number of hydrogen-bond acceptors (Lipinski definition) is 4. The third-order valence-electron chi connectivity index (χ3n) is 4.66. The smallest absolute Gasteiger partial charge is 0.309 e. The fourth-order valence-electron chi connectivity index (χ4n) is 3.23. The molecule has 138 valence electrons. The molecule has 2 aromatic rings. The van der Waals surface area contributed by atoms with Crippen molar-refractivity contribution in [1.82, 2.24) is 0 Å². The van der Waals surface area contributed by atoms with E-state index in [2.05, 4.69) is 0 Å². The molecule has 0 N–H and O–H groups in total. The number of benzene rings is 2. The van der Waals surface area contributed by atoms with Crippen molar-refractivity contribution < 1.29 is 19.1 Å². The highest BCUT2D eigenvalue weighted by molar-refractivity contribution is 5.73. The summed E-state index contributed by atoms with van der Waals surface area (Å²) in [7, 11) is 2.80. The van der Waals surface area contributed by atoms with Crippen LogP contribution in [0.15, 0.2) is 60.7 Å². The number of carbonyl (C=O) groups excluding carboxylic acids is 2. The van der Waals surface area contributed by atoms with Gasteiger partial charge >= 0.3 is 11.9 Å². The van der Waals surface area contributed by atoms with Gasteiger partial charge in [-0.15, -0.1) is 0 Å². The van der Waals surface area contributed by atoms with E-state index in [0.29, 0.717) is 19.3 Å². The van der Waals surface area contributed by atoms with E-state index in [-0.39, 0.29) is 30.2 Å². The van der Waals surface area contributed by atoms with Crippen molar-refractivity contribution in [3.8, 4) is 0 Å². The lowest BCUT2D eigenvalue weighted by Crippen LogP contribution is -2.29. The van der Waals surface area contributed by atoms with Gasteiger partial charge in [0.25, 0.3) is 0 Å². The molecule has 0 unspecified atom stereocenters. The Hall–Kier alpha value is -2.62. The normalized spacial score (nSPS) is 12.8. The molecule has 0 heterocycles. The zero-order chi connectivity index (χ0) is 18.8. The zero-order valence-corrected chi connectivity index (χ0v) is 15.4. The van der Waals surface area contributed by atoms with E-state index >= 15 is 0 Å². The Balaban J connectivity index is 2.23. The summed E-state index contributed by atoms with van der Waals surface area (Å²) >= 11 is 0. The molecular formula is C22H26O4. The van der Waals surface area contributed by atoms with Gasteiger partial charge in [0.2, 0.25) is 0 Å². The van der Waals surface area contributed by atoms with E-state index in [1.54, 1.807) is 0 Å². The van der Waals surface area contributed by atoms with E-state index in [9.17, 15) is 9.59 Å². The summed E-state index contributed by atoms with van der Waals surface area (Å²) < 4.78 is 9.86. The molecule has 0 fully saturated rings. The van der Waals surface area contributed by atoms with Gasteiger partial charge in [-0.3, -0.25) is 9.59 Å². The SMILES string of the molecule is COC(=O)CC[C@@H](Cc1ccccc1)[C@H](Cc1ccccc1)C(=O)OC. The van der Waals surface area contributed by atoms with Gasteiger partial charge in [0.05, 0.1) is 20.1 Å². The maximum absolute atomic E-state index is 12.5. The molecule has 0 aliphatic rings. The molecule has 26 heavy (non-hydrogen) atoms. The first-order valence-electron chi connectivity index (χ1n) is 8.86. The lowest BCUT2D eigenvalue weighted by atomic mass is 9.80. The van der Waals surface area contributed by atoms with Crippen molar-refractivity contribution in [3.05, 3.63) is 71.8 Å². The lowest BCUT2D eigenvalue weighted by Gasteiger charge is -2.25. The minimum atomic E-state index is -0.313. The van der Waals surface area contributed by atoms with Crippen LogP contribution in [0, 0.1) is 11.8 Å². The molecular weight excluding hydrogens is 328 g/mol. The Morgan fingerprint density at radius 3 is 1.85 bits per heavy atom. The van der Waals surface area contributed by atoms with Gasteiger partial charge in [0, 0.05) is 6.42 Å². The highest BCUT2D eigenvalue weighted by Gasteiger charge is 2.30. The van der Waals surface area contributed by atoms with Crippen molar-refractivity contribution >= 4 is 11.9 Å². The molecule has 0 spiro atoms. The molecule has 2 atom stereocenters. The third kappa shape index (κ3) is 6.03. The molecule has 0 aliphatic heterocycles. The van der Waals surface area contributed by atoms with Crippen LogP contribution in [-0.2, 0) is 31.9 Å². The highest BCUT2D eigenvalue weighted by Crippen LogP contribution is 2.27. The number of esters is 2. The van der Waals surface area contributed by atoms with Crippen LogP contribution in [0.5, 0.6) is 0 Å². The van der Waals surface area contributed by atoms with Crippen LogP contribution in [0.1, 0.15) is 24.0 Å². The average molecular weight is 354 g/mol.